The highest BCUT2D eigenvalue weighted by Crippen LogP contribution is 2.19. The van der Waals surface area contributed by atoms with Gasteiger partial charge in [0.1, 0.15) is 6.61 Å². The van der Waals surface area contributed by atoms with E-state index in [0.717, 1.165) is 22.6 Å². The predicted molar refractivity (Wildman–Crippen MR) is 66.9 cm³/mol. The fraction of sp³-hybridized carbons (Fsp3) is 0.429. The summed E-state index contributed by atoms with van der Waals surface area (Å²) < 4.78 is 5.26. The van der Waals surface area contributed by atoms with Crippen molar-refractivity contribution in [2.24, 2.45) is 11.1 Å². The van der Waals surface area contributed by atoms with E-state index in [0.29, 0.717) is 12.0 Å². The maximum atomic E-state index is 5.95. The van der Waals surface area contributed by atoms with Crippen molar-refractivity contribution in [2.45, 2.75) is 27.2 Å². The van der Waals surface area contributed by atoms with Crippen LogP contribution in [0.3, 0.4) is 0 Å². The molecular formula is C14H19NO. The third-order valence-electron chi connectivity index (χ3n) is 2.65. The third kappa shape index (κ3) is 2.38. The molecule has 0 aromatic heterocycles. The van der Waals surface area contributed by atoms with E-state index in [2.05, 4.69) is 39.0 Å². The number of fused-ring (bicyclic) bond motifs is 1. The van der Waals surface area contributed by atoms with Crippen molar-refractivity contribution in [3.8, 4) is 0 Å². The van der Waals surface area contributed by atoms with Crippen LogP contribution in [0.25, 0.3) is 12.0 Å². The van der Waals surface area contributed by atoms with Gasteiger partial charge in [-0.05, 0) is 23.5 Å². The summed E-state index contributed by atoms with van der Waals surface area (Å²) in [6.45, 7) is 7.24. The molecule has 0 bridgehead atoms. The molecule has 0 spiro atoms. The molecule has 2 heteroatoms. The van der Waals surface area contributed by atoms with Gasteiger partial charge in [-0.3, -0.25) is 0 Å². The molecule has 2 rings (SSSR count). The van der Waals surface area contributed by atoms with Crippen LogP contribution in [0.15, 0.2) is 18.2 Å². The summed E-state index contributed by atoms with van der Waals surface area (Å²) in [5, 5.41) is 2.22. The second kappa shape index (κ2) is 3.85. The van der Waals surface area contributed by atoms with Crippen molar-refractivity contribution in [1.82, 2.24) is 0 Å². The summed E-state index contributed by atoms with van der Waals surface area (Å²) in [5.41, 5.74) is 8.42. The molecule has 0 saturated heterocycles. The van der Waals surface area contributed by atoms with Gasteiger partial charge in [0.05, 0.1) is 12.0 Å². The minimum atomic E-state index is 0.303. The van der Waals surface area contributed by atoms with Crippen molar-refractivity contribution in [3.05, 3.63) is 34.2 Å². The molecule has 0 radical (unpaired) electrons. The second-order valence-corrected chi connectivity index (χ2v) is 5.61. The van der Waals surface area contributed by atoms with E-state index < -0.39 is 0 Å². The first-order valence-corrected chi connectivity index (χ1v) is 5.65. The fourth-order valence-electron chi connectivity index (χ4n) is 2.01. The van der Waals surface area contributed by atoms with Crippen LogP contribution in [0, 0.1) is 5.41 Å². The molecule has 1 aromatic carbocycles. The fourth-order valence-corrected chi connectivity index (χ4v) is 2.01. The topological polar surface area (TPSA) is 35.2 Å². The number of ether oxygens (including phenoxy) is 1. The minimum absolute atomic E-state index is 0.303. The molecule has 1 aliphatic rings. The SMILES string of the molecule is CC(C)(C)Cc1ccc2c(c1)=C(N)COC=2. The first kappa shape index (κ1) is 11.1. The molecule has 0 fully saturated rings. The Morgan fingerprint density at radius 3 is 2.75 bits per heavy atom. The van der Waals surface area contributed by atoms with Crippen molar-refractivity contribution < 1.29 is 4.74 Å². The molecule has 0 unspecified atom stereocenters. The number of benzene rings is 1. The molecule has 2 nitrogen and oxygen atoms in total. The monoisotopic (exact) mass is 217 g/mol. The summed E-state index contributed by atoms with van der Waals surface area (Å²) >= 11 is 0. The Bertz CT molecular complexity index is 509. The summed E-state index contributed by atoms with van der Waals surface area (Å²) in [7, 11) is 0. The van der Waals surface area contributed by atoms with Gasteiger partial charge in [-0.1, -0.05) is 32.9 Å². The van der Waals surface area contributed by atoms with Crippen LogP contribution >= 0.6 is 0 Å². The van der Waals surface area contributed by atoms with Gasteiger partial charge < -0.3 is 10.5 Å². The molecule has 0 atom stereocenters. The number of rotatable bonds is 1. The van der Waals surface area contributed by atoms with Gasteiger partial charge in [0.15, 0.2) is 0 Å². The van der Waals surface area contributed by atoms with Crippen LogP contribution in [0.1, 0.15) is 26.3 Å². The first-order valence-electron chi connectivity index (χ1n) is 5.65. The third-order valence-corrected chi connectivity index (χ3v) is 2.65. The summed E-state index contributed by atoms with van der Waals surface area (Å²) in [4.78, 5) is 0. The highest BCUT2D eigenvalue weighted by Gasteiger charge is 2.11. The highest BCUT2D eigenvalue weighted by molar-refractivity contribution is 5.46. The molecule has 16 heavy (non-hydrogen) atoms. The Morgan fingerprint density at radius 2 is 2.06 bits per heavy atom. The van der Waals surface area contributed by atoms with Crippen molar-refractivity contribution in [2.75, 3.05) is 6.61 Å². The van der Waals surface area contributed by atoms with E-state index in [1.807, 2.05) is 0 Å². The van der Waals surface area contributed by atoms with Crippen LogP contribution in [-0.2, 0) is 11.2 Å². The van der Waals surface area contributed by atoms with Gasteiger partial charge >= 0.3 is 0 Å². The van der Waals surface area contributed by atoms with Gasteiger partial charge in [0.25, 0.3) is 0 Å². The lowest BCUT2D eigenvalue weighted by atomic mass is 9.88. The maximum absolute atomic E-state index is 5.95. The van der Waals surface area contributed by atoms with Gasteiger partial charge in [0.2, 0.25) is 0 Å². The Hall–Kier alpha value is -1.44. The minimum Gasteiger partial charge on any atom is -0.494 e. The predicted octanol–water partition coefficient (Wildman–Crippen LogP) is 1.11. The summed E-state index contributed by atoms with van der Waals surface area (Å²) in [6.07, 6.45) is 2.85. The first-order chi connectivity index (χ1) is 7.46. The zero-order valence-electron chi connectivity index (χ0n) is 10.2. The number of hydrogen-bond donors (Lipinski definition) is 1. The Labute approximate surface area is 96.4 Å². The largest absolute Gasteiger partial charge is 0.494 e. The average Bonchev–Trinajstić information content (AvgIpc) is 2.17. The van der Waals surface area contributed by atoms with Crippen LogP contribution < -0.4 is 16.2 Å². The molecule has 2 N–H and O–H groups in total. The van der Waals surface area contributed by atoms with Gasteiger partial charge in [-0.25, -0.2) is 0 Å². The summed E-state index contributed by atoms with van der Waals surface area (Å²) in [5.74, 6) is 0. The molecule has 1 aromatic rings. The lowest BCUT2D eigenvalue weighted by Crippen LogP contribution is -2.35. The molecule has 0 amide bonds. The highest BCUT2D eigenvalue weighted by atomic mass is 16.5. The smallest absolute Gasteiger partial charge is 0.127 e. The van der Waals surface area contributed by atoms with E-state index in [1.54, 1.807) is 6.26 Å². The average molecular weight is 217 g/mol. The van der Waals surface area contributed by atoms with E-state index in [-0.39, 0.29) is 0 Å². The van der Waals surface area contributed by atoms with Gasteiger partial charge in [-0.15, -0.1) is 0 Å². The van der Waals surface area contributed by atoms with Crippen molar-refractivity contribution in [3.63, 3.8) is 0 Å². The van der Waals surface area contributed by atoms with E-state index in [1.165, 1.54) is 5.56 Å². The second-order valence-electron chi connectivity index (χ2n) is 5.61. The Balaban J connectivity index is 2.47. The lowest BCUT2D eigenvalue weighted by Gasteiger charge is -2.18. The molecule has 1 aliphatic heterocycles. The molecule has 0 aliphatic carbocycles. The maximum Gasteiger partial charge on any atom is 0.127 e. The lowest BCUT2D eigenvalue weighted by molar-refractivity contribution is 0.338. The number of nitrogens with two attached hydrogens (primary N) is 1. The zero-order valence-corrected chi connectivity index (χ0v) is 10.2. The molecule has 1 heterocycles. The van der Waals surface area contributed by atoms with Crippen molar-refractivity contribution in [1.29, 1.82) is 0 Å². The molecule has 0 saturated carbocycles. The zero-order chi connectivity index (χ0) is 11.8. The van der Waals surface area contributed by atoms with Crippen LogP contribution in [0.5, 0.6) is 0 Å². The van der Waals surface area contributed by atoms with Gasteiger partial charge in [-0.2, -0.15) is 0 Å². The summed E-state index contributed by atoms with van der Waals surface area (Å²) in [6, 6.07) is 6.43. The molecular weight excluding hydrogens is 198 g/mol. The van der Waals surface area contributed by atoms with Crippen LogP contribution in [-0.4, -0.2) is 6.61 Å². The van der Waals surface area contributed by atoms with Crippen LogP contribution in [0.4, 0.5) is 0 Å². The van der Waals surface area contributed by atoms with Crippen LogP contribution in [0.2, 0.25) is 0 Å². The van der Waals surface area contributed by atoms with Gasteiger partial charge in [0, 0.05) is 10.4 Å². The number of hydrogen-bond acceptors (Lipinski definition) is 2. The Kier molecular flexibility index (Phi) is 2.66. The van der Waals surface area contributed by atoms with E-state index >= 15 is 0 Å². The standard InChI is InChI=1S/C14H19NO/c1-14(2,3)7-10-4-5-11-8-16-9-13(15)12(11)6-10/h4-6,8H,7,9,15H2,1-3H3. The van der Waals surface area contributed by atoms with E-state index in [9.17, 15) is 0 Å². The quantitative estimate of drug-likeness (QED) is 0.765. The van der Waals surface area contributed by atoms with E-state index in [4.69, 9.17) is 10.5 Å². The molecule has 86 valence electrons. The van der Waals surface area contributed by atoms with Crippen molar-refractivity contribution >= 4 is 12.0 Å². The normalized spacial score (nSPS) is 15.1. The Morgan fingerprint density at radius 1 is 1.31 bits per heavy atom.